The van der Waals surface area contributed by atoms with E-state index in [-0.39, 0.29) is 24.9 Å². The van der Waals surface area contributed by atoms with Crippen LogP contribution < -0.4 is 0 Å². The van der Waals surface area contributed by atoms with E-state index in [1.165, 1.54) is 0 Å². The first-order valence-corrected chi connectivity index (χ1v) is 6.61. The van der Waals surface area contributed by atoms with E-state index in [1.807, 2.05) is 35.2 Å². The van der Waals surface area contributed by atoms with Crippen LogP contribution in [0, 0.1) is 0 Å². The fourth-order valence-electron chi connectivity index (χ4n) is 2.41. The predicted molar refractivity (Wildman–Crippen MR) is 69.7 cm³/mol. The molecule has 1 atom stereocenters. The van der Waals surface area contributed by atoms with E-state index >= 15 is 0 Å². The van der Waals surface area contributed by atoms with Gasteiger partial charge < -0.3 is 14.4 Å². The summed E-state index contributed by atoms with van der Waals surface area (Å²) in [5.41, 5.74) is 0.951. The largest absolute Gasteiger partial charge is 0.445 e. The highest BCUT2D eigenvalue weighted by atomic mass is 16.6. The number of esters is 1. The lowest BCUT2D eigenvalue weighted by molar-refractivity contribution is -0.142. The van der Waals surface area contributed by atoms with Gasteiger partial charge in [0, 0.05) is 13.1 Å². The summed E-state index contributed by atoms with van der Waals surface area (Å²) in [6, 6.07) is 9.53. The van der Waals surface area contributed by atoms with Crippen molar-refractivity contribution in [3.8, 4) is 0 Å². The van der Waals surface area contributed by atoms with Gasteiger partial charge in [0.15, 0.2) is 6.23 Å². The first kappa shape index (κ1) is 12.9. The van der Waals surface area contributed by atoms with E-state index in [0.29, 0.717) is 26.2 Å². The summed E-state index contributed by atoms with van der Waals surface area (Å²) < 4.78 is 10.4. The van der Waals surface area contributed by atoms with Crippen LogP contribution in [0.2, 0.25) is 0 Å². The van der Waals surface area contributed by atoms with Gasteiger partial charge in [-0.05, 0) is 5.56 Å². The first-order chi connectivity index (χ1) is 9.72. The predicted octanol–water partition coefficient (Wildman–Crippen LogP) is 0.824. The maximum atomic E-state index is 12.0. The first-order valence-electron chi connectivity index (χ1n) is 6.61. The lowest BCUT2D eigenvalue weighted by Crippen LogP contribution is -2.52. The van der Waals surface area contributed by atoms with Crippen LogP contribution in [0.1, 0.15) is 5.56 Å². The number of ether oxygens (including phenoxy) is 2. The molecule has 0 aliphatic carbocycles. The Hall–Kier alpha value is -2.08. The van der Waals surface area contributed by atoms with Crippen molar-refractivity contribution in [1.29, 1.82) is 0 Å². The van der Waals surface area contributed by atoms with E-state index in [2.05, 4.69) is 0 Å². The van der Waals surface area contributed by atoms with Crippen LogP contribution in [-0.4, -0.2) is 54.3 Å². The molecule has 2 heterocycles. The van der Waals surface area contributed by atoms with Gasteiger partial charge in [-0.3, -0.25) is 9.69 Å². The van der Waals surface area contributed by atoms with Gasteiger partial charge in [0.05, 0.1) is 13.1 Å². The van der Waals surface area contributed by atoms with Crippen molar-refractivity contribution in [2.45, 2.75) is 12.8 Å². The van der Waals surface area contributed by atoms with Gasteiger partial charge in [0.25, 0.3) is 0 Å². The summed E-state index contributed by atoms with van der Waals surface area (Å²) in [4.78, 5) is 26.7. The summed E-state index contributed by atoms with van der Waals surface area (Å²) in [5, 5.41) is 0. The summed E-state index contributed by atoms with van der Waals surface area (Å²) in [7, 11) is 0. The lowest BCUT2D eigenvalue weighted by atomic mass is 10.2. The number of benzene rings is 1. The molecule has 0 bridgehead atoms. The van der Waals surface area contributed by atoms with Crippen LogP contribution >= 0.6 is 0 Å². The van der Waals surface area contributed by atoms with Crippen molar-refractivity contribution >= 4 is 12.1 Å². The molecule has 2 aliphatic rings. The Bertz CT molecular complexity index is 505. The molecule has 1 aromatic rings. The summed E-state index contributed by atoms with van der Waals surface area (Å²) >= 11 is 0. The minimum absolute atomic E-state index is 0.227. The van der Waals surface area contributed by atoms with E-state index in [1.54, 1.807) is 4.90 Å². The van der Waals surface area contributed by atoms with Crippen molar-refractivity contribution in [1.82, 2.24) is 9.80 Å². The van der Waals surface area contributed by atoms with Gasteiger partial charge in [0.2, 0.25) is 0 Å². The molecular formula is C14H16N2O4. The highest BCUT2D eigenvalue weighted by molar-refractivity contribution is 5.74. The van der Waals surface area contributed by atoms with E-state index in [0.717, 1.165) is 5.56 Å². The van der Waals surface area contributed by atoms with Crippen molar-refractivity contribution < 1.29 is 19.1 Å². The third-order valence-electron chi connectivity index (χ3n) is 3.50. The normalized spacial score (nSPS) is 22.3. The van der Waals surface area contributed by atoms with E-state index in [9.17, 15) is 9.59 Å². The number of amides is 1. The number of rotatable bonds is 2. The minimum atomic E-state index is -0.364. The monoisotopic (exact) mass is 276 g/mol. The van der Waals surface area contributed by atoms with Crippen molar-refractivity contribution in [2.75, 3.05) is 26.2 Å². The van der Waals surface area contributed by atoms with Gasteiger partial charge in [-0.25, -0.2) is 4.79 Å². The molecule has 0 spiro atoms. The molecule has 0 aromatic heterocycles. The maximum absolute atomic E-state index is 12.0. The molecule has 20 heavy (non-hydrogen) atoms. The minimum Gasteiger partial charge on any atom is -0.445 e. The van der Waals surface area contributed by atoms with Gasteiger partial charge >= 0.3 is 12.1 Å². The molecule has 0 saturated carbocycles. The summed E-state index contributed by atoms with van der Waals surface area (Å²) in [6.45, 7) is 2.14. The van der Waals surface area contributed by atoms with Crippen LogP contribution in [0.15, 0.2) is 30.3 Å². The molecule has 2 saturated heterocycles. The highest BCUT2D eigenvalue weighted by Crippen LogP contribution is 2.17. The molecule has 6 nitrogen and oxygen atoms in total. The Morgan fingerprint density at radius 3 is 2.90 bits per heavy atom. The third-order valence-corrected chi connectivity index (χ3v) is 3.50. The molecule has 3 rings (SSSR count). The quantitative estimate of drug-likeness (QED) is 0.749. The lowest BCUT2D eigenvalue weighted by Gasteiger charge is -2.34. The summed E-state index contributed by atoms with van der Waals surface area (Å²) in [6.07, 6.45) is -0.683. The summed E-state index contributed by atoms with van der Waals surface area (Å²) in [5.74, 6) is -0.227. The van der Waals surface area contributed by atoms with Crippen molar-refractivity contribution in [3.63, 3.8) is 0 Å². The van der Waals surface area contributed by atoms with Crippen LogP contribution in [-0.2, 0) is 20.9 Å². The van der Waals surface area contributed by atoms with E-state index < -0.39 is 0 Å². The third kappa shape index (κ3) is 2.75. The van der Waals surface area contributed by atoms with E-state index in [4.69, 9.17) is 9.47 Å². The second kappa shape index (κ2) is 5.50. The fraction of sp³-hybridized carbons (Fsp3) is 0.429. The zero-order valence-corrected chi connectivity index (χ0v) is 11.0. The Morgan fingerprint density at radius 1 is 1.30 bits per heavy atom. The number of carbonyl (C=O) groups excluding carboxylic acids is 2. The van der Waals surface area contributed by atoms with Crippen LogP contribution in [0.25, 0.3) is 0 Å². The van der Waals surface area contributed by atoms with Crippen LogP contribution in [0.4, 0.5) is 4.79 Å². The number of hydrogen-bond acceptors (Lipinski definition) is 5. The molecule has 0 radical (unpaired) electrons. The second-order valence-corrected chi connectivity index (χ2v) is 4.90. The molecule has 1 unspecified atom stereocenters. The number of nitrogens with zero attached hydrogens (tertiary/aromatic N) is 2. The average molecular weight is 276 g/mol. The highest BCUT2D eigenvalue weighted by Gasteiger charge is 2.38. The molecular weight excluding hydrogens is 260 g/mol. The SMILES string of the molecule is O=C1CN2CCN(C(=O)OCc3ccccc3)CC2O1. The van der Waals surface area contributed by atoms with Gasteiger partial charge in [0.1, 0.15) is 6.61 Å². The fourth-order valence-corrected chi connectivity index (χ4v) is 2.41. The number of hydrogen-bond donors (Lipinski definition) is 0. The topological polar surface area (TPSA) is 59.1 Å². The maximum Gasteiger partial charge on any atom is 0.410 e. The second-order valence-electron chi connectivity index (χ2n) is 4.90. The molecule has 106 valence electrons. The van der Waals surface area contributed by atoms with Gasteiger partial charge in [-0.1, -0.05) is 30.3 Å². The molecule has 2 fully saturated rings. The molecule has 1 amide bonds. The zero-order valence-electron chi connectivity index (χ0n) is 11.0. The molecule has 1 aromatic carbocycles. The molecule has 2 aliphatic heterocycles. The molecule has 6 heteroatoms. The van der Waals surface area contributed by atoms with Gasteiger partial charge in [-0.2, -0.15) is 0 Å². The van der Waals surface area contributed by atoms with Gasteiger partial charge in [-0.15, -0.1) is 0 Å². The number of piperazine rings is 1. The number of carbonyl (C=O) groups is 2. The zero-order chi connectivity index (χ0) is 13.9. The van der Waals surface area contributed by atoms with Crippen LogP contribution in [0.5, 0.6) is 0 Å². The number of fused-ring (bicyclic) bond motifs is 1. The Morgan fingerprint density at radius 2 is 2.10 bits per heavy atom. The smallest absolute Gasteiger partial charge is 0.410 e. The van der Waals surface area contributed by atoms with Crippen molar-refractivity contribution in [2.24, 2.45) is 0 Å². The van der Waals surface area contributed by atoms with Crippen molar-refractivity contribution in [3.05, 3.63) is 35.9 Å². The molecule has 0 N–H and O–H groups in total. The van der Waals surface area contributed by atoms with Crippen LogP contribution in [0.3, 0.4) is 0 Å². The average Bonchev–Trinajstić information content (AvgIpc) is 2.85. The Kier molecular flexibility index (Phi) is 3.56. The standard InChI is InChI=1S/C14H16N2O4/c17-13-9-15-6-7-16(8-12(15)20-13)14(18)19-10-11-4-2-1-3-5-11/h1-5,12H,6-10H2. The Balaban J connectivity index is 1.52. The Labute approximate surface area is 116 Å².